The number of hydrogen-bond donors (Lipinski definition) is 0. The molecule has 4 heteroatoms. The van der Waals surface area contributed by atoms with Crippen LogP contribution in [0.15, 0.2) is 34.9 Å². The van der Waals surface area contributed by atoms with Crippen LogP contribution >= 0.6 is 0 Å². The van der Waals surface area contributed by atoms with Crippen molar-refractivity contribution in [1.29, 1.82) is 0 Å². The van der Waals surface area contributed by atoms with Crippen molar-refractivity contribution >= 4 is 0 Å². The Kier molecular flexibility index (Phi) is 4.78. The predicted octanol–water partition coefficient (Wildman–Crippen LogP) is 3.97. The lowest BCUT2D eigenvalue weighted by atomic mass is 10.1. The van der Waals surface area contributed by atoms with Crippen LogP contribution in [0.4, 0.5) is 0 Å². The van der Waals surface area contributed by atoms with E-state index in [0.717, 1.165) is 43.1 Å². The summed E-state index contributed by atoms with van der Waals surface area (Å²) in [7, 11) is 0. The van der Waals surface area contributed by atoms with Crippen LogP contribution in [-0.2, 0) is 13.0 Å². The molecule has 1 aliphatic rings. The van der Waals surface area contributed by atoms with E-state index in [0.29, 0.717) is 12.6 Å². The molecule has 1 fully saturated rings. The third-order valence-electron chi connectivity index (χ3n) is 4.28. The van der Waals surface area contributed by atoms with Crippen molar-refractivity contribution in [1.82, 2.24) is 10.1 Å². The number of benzene rings is 1. The average molecular weight is 300 g/mol. The van der Waals surface area contributed by atoms with Gasteiger partial charge in [0, 0.05) is 18.2 Å². The number of hydrogen-bond acceptors (Lipinski definition) is 4. The standard InChI is InChI=1S/C18H24N2O2/c1-3-15-12-18(22-19-15)16-9-7-11-20(16)13-14-8-5-6-10-17(14)21-4-2/h5-6,8,10,12,16H,3-4,7,9,11,13H2,1-2H3/t16-/m1/s1. The number of nitrogens with zero attached hydrogens (tertiary/aromatic N) is 2. The summed E-state index contributed by atoms with van der Waals surface area (Å²) in [6.45, 7) is 6.81. The molecule has 2 aromatic rings. The molecule has 1 saturated heterocycles. The number of para-hydroxylation sites is 1. The molecule has 0 spiro atoms. The van der Waals surface area contributed by atoms with Gasteiger partial charge in [0.1, 0.15) is 5.75 Å². The van der Waals surface area contributed by atoms with Gasteiger partial charge in [-0.05, 0) is 38.8 Å². The lowest BCUT2D eigenvalue weighted by molar-refractivity contribution is 0.203. The van der Waals surface area contributed by atoms with E-state index < -0.39 is 0 Å². The lowest BCUT2D eigenvalue weighted by Gasteiger charge is -2.23. The summed E-state index contributed by atoms with van der Waals surface area (Å²) in [5.41, 5.74) is 2.28. The average Bonchev–Trinajstić information content (AvgIpc) is 3.18. The third-order valence-corrected chi connectivity index (χ3v) is 4.28. The van der Waals surface area contributed by atoms with Gasteiger partial charge in [-0.3, -0.25) is 4.90 Å². The van der Waals surface area contributed by atoms with Gasteiger partial charge in [0.2, 0.25) is 0 Å². The van der Waals surface area contributed by atoms with E-state index in [9.17, 15) is 0 Å². The van der Waals surface area contributed by atoms with Crippen molar-refractivity contribution in [2.45, 2.75) is 45.7 Å². The normalized spacial score (nSPS) is 18.7. The number of likely N-dealkylation sites (tertiary alicyclic amines) is 1. The molecular weight excluding hydrogens is 276 g/mol. The Balaban J connectivity index is 1.76. The van der Waals surface area contributed by atoms with Crippen LogP contribution in [0.3, 0.4) is 0 Å². The van der Waals surface area contributed by atoms with Crippen molar-refractivity contribution in [3.63, 3.8) is 0 Å². The first kappa shape index (κ1) is 15.1. The molecule has 0 amide bonds. The molecule has 118 valence electrons. The quantitative estimate of drug-likeness (QED) is 0.809. The molecule has 0 bridgehead atoms. The molecule has 4 nitrogen and oxygen atoms in total. The molecule has 0 unspecified atom stereocenters. The maximum atomic E-state index is 5.75. The zero-order chi connectivity index (χ0) is 15.4. The van der Waals surface area contributed by atoms with Crippen molar-refractivity contribution in [3.05, 3.63) is 47.3 Å². The molecule has 1 aliphatic heterocycles. The highest BCUT2D eigenvalue weighted by Crippen LogP contribution is 2.34. The molecule has 1 atom stereocenters. The van der Waals surface area contributed by atoms with Crippen LogP contribution in [0.5, 0.6) is 5.75 Å². The Labute approximate surface area is 132 Å². The molecular formula is C18H24N2O2. The van der Waals surface area contributed by atoms with Crippen LogP contribution < -0.4 is 4.74 Å². The molecule has 0 N–H and O–H groups in total. The topological polar surface area (TPSA) is 38.5 Å². The first-order valence-electron chi connectivity index (χ1n) is 8.22. The van der Waals surface area contributed by atoms with E-state index in [2.05, 4.69) is 35.2 Å². The second-order valence-corrected chi connectivity index (χ2v) is 5.74. The molecule has 0 radical (unpaired) electrons. The summed E-state index contributed by atoms with van der Waals surface area (Å²) in [5.74, 6) is 1.99. The number of ether oxygens (including phenoxy) is 1. The Hall–Kier alpha value is -1.81. The minimum atomic E-state index is 0.336. The van der Waals surface area contributed by atoms with Gasteiger partial charge in [-0.2, -0.15) is 0 Å². The van der Waals surface area contributed by atoms with Crippen LogP contribution in [0.25, 0.3) is 0 Å². The summed E-state index contributed by atoms with van der Waals surface area (Å²) in [6.07, 6.45) is 3.25. The summed E-state index contributed by atoms with van der Waals surface area (Å²) >= 11 is 0. The monoisotopic (exact) mass is 300 g/mol. The van der Waals surface area contributed by atoms with Gasteiger partial charge in [0.15, 0.2) is 5.76 Å². The fourth-order valence-electron chi connectivity index (χ4n) is 3.14. The first-order chi connectivity index (χ1) is 10.8. The van der Waals surface area contributed by atoms with Crippen LogP contribution in [0.1, 0.15) is 49.7 Å². The Morgan fingerprint density at radius 3 is 2.95 bits per heavy atom. The van der Waals surface area contributed by atoms with E-state index >= 15 is 0 Å². The van der Waals surface area contributed by atoms with Gasteiger partial charge in [0.25, 0.3) is 0 Å². The van der Waals surface area contributed by atoms with E-state index in [-0.39, 0.29) is 0 Å². The molecule has 22 heavy (non-hydrogen) atoms. The molecule has 0 aliphatic carbocycles. The van der Waals surface area contributed by atoms with Crippen LogP contribution in [0.2, 0.25) is 0 Å². The SMILES string of the molecule is CCOc1ccccc1CN1CCC[C@@H]1c1cc(CC)no1. The Morgan fingerprint density at radius 1 is 1.32 bits per heavy atom. The van der Waals surface area contributed by atoms with Crippen molar-refractivity contribution in [2.75, 3.05) is 13.2 Å². The van der Waals surface area contributed by atoms with Crippen LogP contribution in [0, 0.1) is 0 Å². The minimum absolute atomic E-state index is 0.336. The van der Waals surface area contributed by atoms with Gasteiger partial charge in [-0.15, -0.1) is 0 Å². The van der Waals surface area contributed by atoms with E-state index in [1.807, 2.05) is 19.1 Å². The van der Waals surface area contributed by atoms with Gasteiger partial charge in [-0.1, -0.05) is 30.3 Å². The van der Waals surface area contributed by atoms with Crippen molar-refractivity contribution < 1.29 is 9.26 Å². The highest BCUT2D eigenvalue weighted by atomic mass is 16.5. The highest BCUT2D eigenvalue weighted by Gasteiger charge is 2.29. The Bertz CT molecular complexity index is 609. The second-order valence-electron chi connectivity index (χ2n) is 5.74. The lowest BCUT2D eigenvalue weighted by Crippen LogP contribution is -2.22. The summed E-state index contributed by atoms with van der Waals surface area (Å²) in [5, 5.41) is 4.14. The third kappa shape index (κ3) is 3.17. The Morgan fingerprint density at radius 2 is 2.18 bits per heavy atom. The largest absolute Gasteiger partial charge is 0.494 e. The van der Waals surface area contributed by atoms with Gasteiger partial charge >= 0.3 is 0 Å². The molecule has 3 rings (SSSR count). The molecule has 2 heterocycles. The van der Waals surface area contributed by atoms with E-state index in [1.165, 1.54) is 12.0 Å². The molecule has 0 saturated carbocycles. The number of rotatable bonds is 6. The maximum absolute atomic E-state index is 5.75. The minimum Gasteiger partial charge on any atom is -0.494 e. The predicted molar refractivity (Wildman–Crippen MR) is 85.9 cm³/mol. The zero-order valence-corrected chi connectivity index (χ0v) is 13.4. The molecule has 1 aromatic heterocycles. The fraction of sp³-hybridized carbons (Fsp3) is 0.500. The molecule has 1 aromatic carbocycles. The fourth-order valence-corrected chi connectivity index (χ4v) is 3.14. The second kappa shape index (κ2) is 6.97. The number of aryl methyl sites for hydroxylation is 1. The van der Waals surface area contributed by atoms with Gasteiger partial charge < -0.3 is 9.26 Å². The smallest absolute Gasteiger partial charge is 0.154 e. The summed E-state index contributed by atoms with van der Waals surface area (Å²) in [6, 6.07) is 10.7. The van der Waals surface area contributed by atoms with Crippen molar-refractivity contribution in [3.8, 4) is 5.75 Å². The van der Waals surface area contributed by atoms with E-state index in [4.69, 9.17) is 9.26 Å². The van der Waals surface area contributed by atoms with Gasteiger partial charge in [0.05, 0.1) is 18.3 Å². The van der Waals surface area contributed by atoms with Crippen LogP contribution in [-0.4, -0.2) is 23.2 Å². The first-order valence-corrected chi connectivity index (χ1v) is 8.22. The van der Waals surface area contributed by atoms with Crippen molar-refractivity contribution in [2.24, 2.45) is 0 Å². The summed E-state index contributed by atoms with van der Waals surface area (Å²) < 4.78 is 11.3. The number of aromatic nitrogens is 1. The highest BCUT2D eigenvalue weighted by molar-refractivity contribution is 5.33. The zero-order valence-electron chi connectivity index (χ0n) is 13.4. The van der Waals surface area contributed by atoms with Gasteiger partial charge in [-0.25, -0.2) is 0 Å². The summed E-state index contributed by atoms with van der Waals surface area (Å²) in [4.78, 5) is 2.47. The maximum Gasteiger partial charge on any atom is 0.154 e. The van der Waals surface area contributed by atoms with E-state index in [1.54, 1.807) is 0 Å².